The summed E-state index contributed by atoms with van der Waals surface area (Å²) in [6.07, 6.45) is 1.81. The van der Waals surface area contributed by atoms with Crippen molar-refractivity contribution in [1.82, 2.24) is 5.43 Å². The molecule has 0 fully saturated rings. The molecule has 0 aromatic rings. The highest BCUT2D eigenvalue weighted by Gasteiger charge is 1.71. The highest BCUT2D eigenvalue weighted by Crippen LogP contribution is 1.67. The van der Waals surface area contributed by atoms with Gasteiger partial charge in [-0.15, -0.1) is 0 Å². The van der Waals surface area contributed by atoms with E-state index in [4.69, 9.17) is 0 Å². The van der Waals surface area contributed by atoms with Crippen LogP contribution in [-0.4, -0.2) is 17.4 Å². The molecule has 0 saturated heterocycles. The molecule has 3 nitrogen and oxygen atoms in total. The Hall–Kier alpha value is -0.426. The fourth-order valence-electron chi connectivity index (χ4n) is 0.232. The molecule has 1 heterocycles. The molecule has 0 amide bonds. The van der Waals surface area contributed by atoms with Gasteiger partial charge >= 0.3 is 0 Å². The Bertz CT molecular complexity index is 113. The summed E-state index contributed by atoms with van der Waals surface area (Å²) in [6.45, 7) is 0. The smallest absolute Gasteiger partial charge is 0.195 e. The van der Waals surface area contributed by atoms with Crippen LogP contribution in [0.1, 0.15) is 0 Å². The Morgan fingerprint density at radius 2 is 2.57 bits per heavy atom. The maximum Gasteiger partial charge on any atom is 0.195 e. The quantitative estimate of drug-likeness (QED) is 0.442. The average molecular weight is 125 g/mol. The van der Waals surface area contributed by atoms with Crippen molar-refractivity contribution < 1.29 is 0 Å². The van der Waals surface area contributed by atoms with Crippen LogP contribution in [0.4, 0.5) is 0 Å². The van der Waals surface area contributed by atoms with Crippen LogP contribution in [0.2, 0.25) is 0 Å². The van der Waals surface area contributed by atoms with Gasteiger partial charge in [-0.2, -0.15) is 4.78 Å². The van der Waals surface area contributed by atoms with Gasteiger partial charge in [-0.05, 0) is 0 Å². The first-order valence-electron chi connectivity index (χ1n) is 1.81. The van der Waals surface area contributed by atoms with Gasteiger partial charge in [0.05, 0.1) is 8.61 Å². The van der Waals surface area contributed by atoms with E-state index in [1.165, 1.54) is 0 Å². The molecular formula is C2H3N3Si2. The Balaban J connectivity index is 2.60. The predicted molar refractivity (Wildman–Crippen MR) is 28.6 cm³/mol. The van der Waals surface area contributed by atoms with E-state index in [0.717, 1.165) is 8.61 Å². The predicted octanol–water partition coefficient (Wildman–Crippen LogP) is -0.334. The lowest BCUT2D eigenvalue weighted by atomic mass is 11.1. The lowest BCUT2D eigenvalue weighted by molar-refractivity contribution is 0.896. The third-order valence-corrected chi connectivity index (χ3v) is 2.31. The summed E-state index contributed by atoms with van der Waals surface area (Å²) < 4.78 is 3.76. The monoisotopic (exact) mass is 125 g/mol. The van der Waals surface area contributed by atoms with E-state index in [1.54, 1.807) is 0 Å². The zero-order valence-electron chi connectivity index (χ0n) is 3.55. The molecule has 0 aliphatic carbocycles. The molecule has 0 aromatic carbocycles. The van der Waals surface area contributed by atoms with Crippen molar-refractivity contribution in [3.63, 3.8) is 0 Å². The number of rotatable bonds is 0. The van der Waals surface area contributed by atoms with Crippen LogP contribution in [0.25, 0.3) is 0 Å². The molecule has 1 aliphatic rings. The maximum atomic E-state index is 3.76. The van der Waals surface area contributed by atoms with Gasteiger partial charge in [0.25, 0.3) is 0 Å². The molecule has 0 atom stereocenters. The lowest BCUT2D eigenvalue weighted by Crippen LogP contribution is -1.87. The van der Waals surface area contributed by atoms with Gasteiger partial charge in [-0.1, -0.05) is 10.9 Å². The van der Waals surface area contributed by atoms with Gasteiger partial charge < -0.3 is 0 Å². The average Bonchev–Trinajstić information content (AvgIpc) is 1.90. The van der Waals surface area contributed by atoms with E-state index in [9.17, 15) is 0 Å². The summed E-state index contributed by atoms with van der Waals surface area (Å²) >= 11 is 0. The Labute approximate surface area is 45.5 Å². The van der Waals surface area contributed by atoms with E-state index in [2.05, 4.69) is 15.4 Å². The summed E-state index contributed by atoms with van der Waals surface area (Å²) in [5.74, 6) is 0. The second-order valence-corrected chi connectivity index (χ2v) is 3.50. The van der Waals surface area contributed by atoms with Crippen molar-refractivity contribution in [1.29, 1.82) is 0 Å². The van der Waals surface area contributed by atoms with Crippen LogP contribution in [0, 0.1) is 0 Å². The van der Waals surface area contributed by atoms with Gasteiger partial charge in [0.2, 0.25) is 0 Å². The minimum absolute atomic E-state index is 0.632. The van der Waals surface area contributed by atoms with Crippen LogP contribution < -0.4 is 5.43 Å². The number of hydrogen-bond donors (Lipinski definition) is 1. The first-order valence-corrected chi connectivity index (χ1v) is 4.83. The zero-order chi connectivity index (χ0) is 4.95. The van der Waals surface area contributed by atoms with E-state index >= 15 is 0 Å². The summed E-state index contributed by atoms with van der Waals surface area (Å²) in [6, 6.07) is 0. The largest absolute Gasteiger partial charge is 0.268 e. The lowest BCUT2D eigenvalue weighted by Gasteiger charge is -1.77. The molecular weight excluding hydrogens is 122 g/mol. The molecule has 1 rings (SSSR count). The SMILES string of the molecule is C1=C[Si]=[Si]N=NN1. The molecule has 34 valence electrons. The third-order valence-electron chi connectivity index (χ3n) is 0.463. The van der Waals surface area contributed by atoms with Gasteiger partial charge in [0.15, 0.2) is 8.77 Å². The van der Waals surface area contributed by atoms with Crippen molar-refractivity contribution in [2.24, 2.45) is 10.0 Å². The van der Waals surface area contributed by atoms with Gasteiger partial charge in [0, 0.05) is 6.20 Å². The van der Waals surface area contributed by atoms with Crippen molar-refractivity contribution in [3.8, 4) is 0 Å². The van der Waals surface area contributed by atoms with E-state index in [0.29, 0.717) is 8.77 Å². The molecule has 0 bridgehead atoms. The topological polar surface area (TPSA) is 36.8 Å². The first-order chi connectivity index (χ1) is 3.50. The summed E-state index contributed by atoms with van der Waals surface area (Å²) in [5.41, 5.74) is 4.68. The van der Waals surface area contributed by atoms with Crippen LogP contribution >= 0.6 is 0 Å². The minimum Gasteiger partial charge on any atom is -0.268 e. The molecule has 2 radical (unpaired) electrons. The highest BCUT2D eigenvalue weighted by atomic mass is 28.9. The standard InChI is InChI=1S/C2H3N3Si2/c1-2-6-7-5-4-3-1/h1-2H,(H,3,5). The van der Waals surface area contributed by atoms with Crippen LogP contribution in [-0.2, 0) is 0 Å². The van der Waals surface area contributed by atoms with Crippen molar-refractivity contribution in [2.75, 3.05) is 0 Å². The Kier molecular flexibility index (Phi) is 1.82. The van der Waals surface area contributed by atoms with Crippen LogP contribution in [0.15, 0.2) is 21.9 Å². The summed E-state index contributed by atoms with van der Waals surface area (Å²) in [4.78, 5) is 0. The molecule has 0 saturated carbocycles. The number of nitrogens with zero attached hydrogens (tertiary/aromatic N) is 2. The van der Waals surface area contributed by atoms with Crippen molar-refractivity contribution in [2.45, 2.75) is 0 Å². The molecule has 1 aliphatic heterocycles. The first kappa shape index (κ1) is 4.73. The number of nitrogens with one attached hydrogen (secondary N) is 1. The van der Waals surface area contributed by atoms with E-state index in [-0.39, 0.29) is 0 Å². The molecule has 1 N–H and O–H groups in total. The van der Waals surface area contributed by atoms with Crippen molar-refractivity contribution in [3.05, 3.63) is 11.9 Å². The second-order valence-electron chi connectivity index (χ2n) is 0.919. The summed E-state index contributed by atoms with van der Waals surface area (Å²) in [7, 11) is 1.45. The summed E-state index contributed by atoms with van der Waals surface area (Å²) in [5, 5.41) is 3.58. The normalized spacial score (nSPS) is 16.0. The third kappa shape index (κ3) is 1.65. The maximum absolute atomic E-state index is 3.76. The molecule has 7 heavy (non-hydrogen) atoms. The van der Waals surface area contributed by atoms with Crippen LogP contribution in [0.3, 0.4) is 0 Å². The molecule has 0 spiro atoms. The Morgan fingerprint density at radius 1 is 1.57 bits per heavy atom. The van der Waals surface area contributed by atoms with Gasteiger partial charge in [-0.3, -0.25) is 5.43 Å². The molecule has 0 unspecified atom stereocenters. The molecule has 5 heteroatoms. The van der Waals surface area contributed by atoms with E-state index in [1.807, 2.05) is 11.9 Å². The van der Waals surface area contributed by atoms with Gasteiger partial charge in [0.1, 0.15) is 0 Å². The fourth-order valence-corrected chi connectivity index (χ4v) is 1.43. The van der Waals surface area contributed by atoms with Crippen molar-refractivity contribution >= 4 is 17.4 Å². The fraction of sp³-hybridized carbons (Fsp3) is 0. The van der Waals surface area contributed by atoms with Crippen LogP contribution in [0.5, 0.6) is 0 Å². The molecule has 0 aromatic heterocycles. The number of hydrogen-bond acceptors (Lipinski definition) is 3. The minimum atomic E-state index is 0.632. The zero-order valence-corrected chi connectivity index (χ0v) is 5.55. The Morgan fingerprint density at radius 3 is 3.57 bits per heavy atom. The van der Waals surface area contributed by atoms with Gasteiger partial charge in [-0.25, -0.2) is 0 Å². The second kappa shape index (κ2) is 2.70. The van der Waals surface area contributed by atoms with E-state index < -0.39 is 0 Å². The highest BCUT2D eigenvalue weighted by molar-refractivity contribution is 6.75.